The third kappa shape index (κ3) is 3.47. The molecule has 0 unspecified atom stereocenters. The summed E-state index contributed by atoms with van der Waals surface area (Å²) in [6.07, 6.45) is -3.70. The number of thiophene rings is 1. The Bertz CT molecular complexity index is 593. The van der Waals surface area contributed by atoms with Crippen LogP contribution in [0.3, 0.4) is 0 Å². The Labute approximate surface area is 118 Å². The highest BCUT2D eigenvalue weighted by Gasteiger charge is 2.33. The van der Waals surface area contributed by atoms with Crippen molar-refractivity contribution in [3.8, 4) is 11.3 Å². The van der Waals surface area contributed by atoms with E-state index >= 15 is 0 Å². The molecule has 0 amide bonds. The van der Waals surface area contributed by atoms with Crippen molar-refractivity contribution in [2.24, 2.45) is 0 Å². The fourth-order valence-corrected chi connectivity index (χ4v) is 2.33. The number of aromatic nitrogens is 2. The van der Waals surface area contributed by atoms with Crippen LogP contribution in [0.1, 0.15) is 23.9 Å². The molecule has 2 aromatic rings. The monoisotopic (exact) mass is 301 g/mol. The molecule has 0 aliphatic heterocycles. The lowest BCUT2D eigenvalue weighted by Crippen LogP contribution is -2.13. The lowest BCUT2D eigenvalue weighted by molar-refractivity contribution is -0.141. The topological polar surface area (TPSA) is 37.8 Å². The predicted molar refractivity (Wildman–Crippen MR) is 73.9 cm³/mol. The number of aryl methyl sites for hydroxylation is 1. The second-order valence-corrected chi connectivity index (χ2v) is 5.45. The molecule has 0 saturated heterocycles. The molecule has 0 saturated carbocycles. The highest BCUT2D eigenvalue weighted by atomic mass is 32.1. The van der Waals surface area contributed by atoms with E-state index in [4.69, 9.17) is 0 Å². The molecule has 0 bridgehead atoms. The summed E-state index contributed by atoms with van der Waals surface area (Å²) in [5.41, 5.74) is 0.0418. The summed E-state index contributed by atoms with van der Waals surface area (Å²) in [6.45, 7) is 4.35. The van der Waals surface area contributed by atoms with Gasteiger partial charge in [0, 0.05) is 22.4 Å². The Hall–Kier alpha value is -1.63. The van der Waals surface area contributed by atoms with Gasteiger partial charge < -0.3 is 5.32 Å². The van der Waals surface area contributed by atoms with Crippen LogP contribution in [-0.4, -0.2) is 16.5 Å². The minimum atomic E-state index is -4.48. The van der Waals surface area contributed by atoms with Gasteiger partial charge in [0.25, 0.3) is 0 Å². The van der Waals surface area contributed by atoms with Crippen molar-refractivity contribution in [3.05, 3.63) is 28.1 Å². The number of halogens is 3. The van der Waals surface area contributed by atoms with Crippen LogP contribution in [0.15, 0.2) is 17.5 Å². The highest BCUT2D eigenvalue weighted by Crippen LogP contribution is 2.32. The molecule has 0 spiro atoms. The zero-order chi connectivity index (χ0) is 14.8. The number of hydrogen-bond donors (Lipinski definition) is 1. The maximum absolute atomic E-state index is 12.9. The molecular weight excluding hydrogens is 287 g/mol. The minimum Gasteiger partial charge on any atom is -0.354 e. The summed E-state index contributed by atoms with van der Waals surface area (Å²) in [4.78, 5) is 8.71. The van der Waals surface area contributed by atoms with E-state index in [0.29, 0.717) is 12.1 Å². The van der Waals surface area contributed by atoms with E-state index in [1.807, 2.05) is 19.9 Å². The summed E-state index contributed by atoms with van der Waals surface area (Å²) in [5, 5.41) is 4.60. The lowest BCUT2D eigenvalue weighted by Gasteiger charge is -2.10. The molecule has 7 heteroatoms. The van der Waals surface area contributed by atoms with E-state index in [2.05, 4.69) is 15.3 Å². The molecule has 2 rings (SSSR count). The van der Waals surface area contributed by atoms with Crippen molar-refractivity contribution in [1.82, 2.24) is 9.97 Å². The molecule has 0 aliphatic rings. The van der Waals surface area contributed by atoms with Crippen molar-refractivity contribution in [2.45, 2.75) is 26.4 Å². The Balaban J connectivity index is 2.45. The number of rotatable bonds is 4. The van der Waals surface area contributed by atoms with Crippen molar-refractivity contribution >= 4 is 17.3 Å². The van der Waals surface area contributed by atoms with Crippen LogP contribution in [0.5, 0.6) is 0 Å². The van der Waals surface area contributed by atoms with Crippen LogP contribution in [0.25, 0.3) is 11.3 Å². The number of nitrogens with one attached hydrogen (secondary N) is 1. The number of nitrogens with zero attached hydrogens (tertiary/aromatic N) is 2. The van der Waals surface area contributed by atoms with Gasteiger partial charge in [-0.3, -0.25) is 0 Å². The molecule has 20 heavy (non-hydrogen) atoms. The van der Waals surface area contributed by atoms with Gasteiger partial charge in [-0.15, -0.1) is 11.3 Å². The van der Waals surface area contributed by atoms with E-state index in [1.54, 1.807) is 5.38 Å². The molecule has 0 atom stereocenters. The number of hydrogen-bond acceptors (Lipinski definition) is 4. The van der Waals surface area contributed by atoms with Crippen LogP contribution in [-0.2, 0) is 6.18 Å². The Morgan fingerprint density at radius 1 is 1.25 bits per heavy atom. The standard InChI is InChI=1S/C13H14F3N3S/c1-3-4-17-12-18-10(9-5-8(2)20-7-9)6-11(19-12)13(14,15)16/h5-7H,3-4H2,1-2H3,(H,17,18,19). The summed E-state index contributed by atoms with van der Waals surface area (Å²) >= 11 is 1.47. The van der Waals surface area contributed by atoms with Gasteiger partial charge >= 0.3 is 6.18 Å². The molecule has 2 heterocycles. The van der Waals surface area contributed by atoms with E-state index < -0.39 is 11.9 Å². The molecular formula is C13H14F3N3S. The first kappa shape index (κ1) is 14.8. The van der Waals surface area contributed by atoms with Gasteiger partial charge in [-0.2, -0.15) is 13.2 Å². The van der Waals surface area contributed by atoms with Crippen molar-refractivity contribution in [3.63, 3.8) is 0 Å². The predicted octanol–water partition coefficient (Wildman–Crippen LogP) is 4.35. The maximum Gasteiger partial charge on any atom is 0.433 e. The van der Waals surface area contributed by atoms with Crippen LogP contribution in [0.2, 0.25) is 0 Å². The molecule has 0 radical (unpaired) electrons. The van der Waals surface area contributed by atoms with Gasteiger partial charge in [0.2, 0.25) is 5.95 Å². The van der Waals surface area contributed by atoms with Crippen molar-refractivity contribution < 1.29 is 13.2 Å². The smallest absolute Gasteiger partial charge is 0.354 e. The Kier molecular flexibility index (Phi) is 4.27. The molecule has 0 aliphatic carbocycles. The van der Waals surface area contributed by atoms with Crippen LogP contribution in [0.4, 0.5) is 19.1 Å². The summed E-state index contributed by atoms with van der Waals surface area (Å²) < 4.78 is 38.6. The van der Waals surface area contributed by atoms with Gasteiger partial charge in [-0.25, -0.2) is 9.97 Å². The average Bonchev–Trinajstić information content (AvgIpc) is 2.82. The van der Waals surface area contributed by atoms with Crippen LogP contribution < -0.4 is 5.32 Å². The van der Waals surface area contributed by atoms with Crippen molar-refractivity contribution in [2.75, 3.05) is 11.9 Å². The molecule has 0 fully saturated rings. The van der Waals surface area contributed by atoms with Gasteiger partial charge in [-0.1, -0.05) is 6.92 Å². The van der Waals surface area contributed by atoms with Gasteiger partial charge in [0.1, 0.15) is 0 Å². The quantitative estimate of drug-likeness (QED) is 0.912. The van der Waals surface area contributed by atoms with Crippen LogP contribution in [0, 0.1) is 6.92 Å². The maximum atomic E-state index is 12.9. The normalized spacial score (nSPS) is 11.7. The third-order valence-corrected chi connectivity index (χ3v) is 3.44. The molecule has 1 N–H and O–H groups in total. The first-order valence-electron chi connectivity index (χ1n) is 6.16. The minimum absolute atomic E-state index is 0.0144. The average molecular weight is 301 g/mol. The van der Waals surface area contributed by atoms with E-state index in [0.717, 1.165) is 17.4 Å². The summed E-state index contributed by atoms with van der Waals surface area (Å²) in [6, 6.07) is 2.80. The van der Waals surface area contributed by atoms with E-state index in [1.165, 1.54) is 11.3 Å². The fraction of sp³-hybridized carbons (Fsp3) is 0.385. The van der Waals surface area contributed by atoms with Gasteiger partial charge in [0.15, 0.2) is 5.69 Å². The first-order valence-corrected chi connectivity index (χ1v) is 7.03. The highest BCUT2D eigenvalue weighted by molar-refractivity contribution is 7.10. The zero-order valence-corrected chi connectivity index (χ0v) is 11.9. The van der Waals surface area contributed by atoms with E-state index in [-0.39, 0.29) is 11.6 Å². The van der Waals surface area contributed by atoms with Crippen molar-refractivity contribution in [1.29, 1.82) is 0 Å². The second-order valence-electron chi connectivity index (χ2n) is 4.33. The molecule has 3 nitrogen and oxygen atoms in total. The molecule has 2 aromatic heterocycles. The Morgan fingerprint density at radius 2 is 2.00 bits per heavy atom. The summed E-state index contributed by atoms with van der Waals surface area (Å²) in [5.74, 6) is 0.0144. The van der Waals surface area contributed by atoms with Gasteiger partial charge in [-0.05, 0) is 25.5 Å². The molecule has 0 aromatic carbocycles. The second kappa shape index (κ2) is 5.78. The number of anilines is 1. The SMILES string of the molecule is CCCNc1nc(-c2csc(C)c2)cc(C(F)(F)F)n1. The van der Waals surface area contributed by atoms with Gasteiger partial charge in [0.05, 0.1) is 5.69 Å². The third-order valence-electron chi connectivity index (χ3n) is 2.58. The zero-order valence-electron chi connectivity index (χ0n) is 11.1. The Morgan fingerprint density at radius 3 is 2.55 bits per heavy atom. The summed E-state index contributed by atoms with van der Waals surface area (Å²) in [7, 11) is 0. The fourth-order valence-electron chi connectivity index (χ4n) is 1.63. The first-order chi connectivity index (χ1) is 9.40. The lowest BCUT2D eigenvalue weighted by atomic mass is 10.2. The number of alkyl halides is 3. The largest absolute Gasteiger partial charge is 0.433 e. The molecule has 108 valence electrons. The van der Waals surface area contributed by atoms with Crippen LogP contribution >= 0.6 is 11.3 Å². The van der Waals surface area contributed by atoms with E-state index in [9.17, 15) is 13.2 Å².